The molecule has 2 aromatic rings. The molecule has 0 spiro atoms. The zero-order valence-corrected chi connectivity index (χ0v) is 8.98. The summed E-state index contributed by atoms with van der Waals surface area (Å²) in [5, 5.41) is 12.7. The van der Waals surface area contributed by atoms with E-state index in [9.17, 15) is 0 Å². The largest absolute Gasteiger partial charge is 0.339 e. The number of pyridine rings is 1. The second-order valence-electron chi connectivity index (χ2n) is 3.03. The number of halogens is 1. The van der Waals surface area contributed by atoms with Gasteiger partial charge in [-0.2, -0.15) is 10.2 Å². The highest BCUT2D eigenvalue weighted by molar-refractivity contribution is 6.30. The van der Waals surface area contributed by atoms with Crippen molar-refractivity contribution in [2.24, 2.45) is 0 Å². The number of aryl methyl sites for hydroxylation is 1. The van der Waals surface area contributed by atoms with Crippen LogP contribution in [0.1, 0.15) is 12.3 Å². The predicted molar refractivity (Wildman–Crippen MR) is 56.5 cm³/mol. The average molecular weight is 235 g/mol. The van der Waals surface area contributed by atoms with Gasteiger partial charge in [0.25, 0.3) is 0 Å². The highest BCUT2D eigenvalue weighted by Gasteiger charge is 2.08. The standard InChI is InChI=1S/C10H7ClN4O/c11-7-3-4-8(13-6-7)10-14-9(16-15-10)2-1-5-12/h3-4,6H,1-2H2. The van der Waals surface area contributed by atoms with Crippen LogP contribution in [-0.4, -0.2) is 15.1 Å². The molecule has 0 atom stereocenters. The Bertz CT molecular complexity index is 514. The van der Waals surface area contributed by atoms with Gasteiger partial charge >= 0.3 is 0 Å². The molecule has 0 fully saturated rings. The van der Waals surface area contributed by atoms with Crippen LogP contribution in [0.5, 0.6) is 0 Å². The Morgan fingerprint density at radius 1 is 1.44 bits per heavy atom. The zero-order valence-electron chi connectivity index (χ0n) is 8.22. The Hall–Kier alpha value is -1.93. The minimum Gasteiger partial charge on any atom is -0.339 e. The van der Waals surface area contributed by atoms with E-state index in [-0.39, 0.29) is 0 Å². The van der Waals surface area contributed by atoms with Crippen LogP contribution in [0.3, 0.4) is 0 Å². The molecule has 0 saturated carbocycles. The lowest BCUT2D eigenvalue weighted by atomic mass is 10.3. The monoisotopic (exact) mass is 234 g/mol. The van der Waals surface area contributed by atoms with E-state index in [0.717, 1.165) is 0 Å². The van der Waals surface area contributed by atoms with E-state index < -0.39 is 0 Å². The Labute approximate surface area is 96.7 Å². The summed E-state index contributed by atoms with van der Waals surface area (Å²) in [5.74, 6) is 0.845. The minimum absolute atomic E-state index is 0.357. The van der Waals surface area contributed by atoms with Crippen molar-refractivity contribution in [3.05, 3.63) is 29.2 Å². The molecule has 0 unspecified atom stereocenters. The molecular formula is C10H7ClN4O. The van der Waals surface area contributed by atoms with Gasteiger partial charge in [0.15, 0.2) is 0 Å². The smallest absolute Gasteiger partial charge is 0.228 e. The van der Waals surface area contributed by atoms with Crippen LogP contribution in [0.2, 0.25) is 5.02 Å². The maximum absolute atomic E-state index is 8.42. The number of hydrogen-bond donors (Lipinski definition) is 0. The molecule has 0 N–H and O–H groups in total. The van der Waals surface area contributed by atoms with Crippen molar-refractivity contribution in [1.29, 1.82) is 5.26 Å². The van der Waals surface area contributed by atoms with E-state index in [4.69, 9.17) is 21.4 Å². The number of nitriles is 1. The molecule has 0 saturated heterocycles. The van der Waals surface area contributed by atoms with Gasteiger partial charge in [0.05, 0.1) is 11.1 Å². The normalized spacial score (nSPS) is 10.0. The summed E-state index contributed by atoms with van der Waals surface area (Å²) < 4.78 is 4.97. The second-order valence-corrected chi connectivity index (χ2v) is 3.47. The molecule has 2 aromatic heterocycles. The molecule has 2 heterocycles. The Morgan fingerprint density at radius 3 is 3.00 bits per heavy atom. The van der Waals surface area contributed by atoms with Crippen LogP contribution in [0.4, 0.5) is 0 Å². The van der Waals surface area contributed by atoms with Crippen LogP contribution >= 0.6 is 11.6 Å². The van der Waals surface area contributed by atoms with Crippen LogP contribution in [0, 0.1) is 11.3 Å². The fourth-order valence-electron chi connectivity index (χ4n) is 1.13. The first-order chi connectivity index (χ1) is 7.79. The summed E-state index contributed by atoms with van der Waals surface area (Å²) in [6.45, 7) is 0. The molecular weight excluding hydrogens is 228 g/mol. The lowest BCUT2D eigenvalue weighted by Gasteiger charge is -1.92. The SMILES string of the molecule is N#CCCc1nc(-c2ccc(Cl)cn2)no1. The molecule has 5 nitrogen and oxygen atoms in total. The van der Waals surface area contributed by atoms with Gasteiger partial charge in [-0.1, -0.05) is 16.8 Å². The zero-order chi connectivity index (χ0) is 11.4. The average Bonchev–Trinajstić information content (AvgIpc) is 2.76. The first kappa shape index (κ1) is 10.6. The van der Waals surface area contributed by atoms with Gasteiger partial charge < -0.3 is 4.52 Å². The molecule has 0 bridgehead atoms. The molecule has 0 aliphatic rings. The molecule has 16 heavy (non-hydrogen) atoms. The third-order valence-electron chi connectivity index (χ3n) is 1.88. The van der Waals surface area contributed by atoms with Gasteiger partial charge in [0.2, 0.25) is 11.7 Å². The lowest BCUT2D eigenvalue weighted by Crippen LogP contribution is -1.86. The quantitative estimate of drug-likeness (QED) is 0.814. The molecule has 0 aromatic carbocycles. The van der Waals surface area contributed by atoms with Gasteiger partial charge in [-0.15, -0.1) is 0 Å². The van der Waals surface area contributed by atoms with E-state index in [1.807, 2.05) is 6.07 Å². The number of nitrogens with zero attached hydrogens (tertiary/aromatic N) is 4. The highest BCUT2D eigenvalue weighted by Crippen LogP contribution is 2.15. The Morgan fingerprint density at radius 2 is 2.31 bits per heavy atom. The van der Waals surface area contributed by atoms with Crippen molar-refractivity contribution in [1.82, 2.24) is 15.1 Å². The molecule has 6 heteroatoms. The molecule has 2 rings (SSSR count). The van der Waals surface area contributed by atoms with Crippen LogP contribution in [-0.2, 0) is 6.42 Å². The summed E-state index contributed by atoms with van der Waals surface area (Å²) in [6, 6.07) is 5.42. The number of aromatic nitrogens is 3. The number of rotatable bonds is 3. The van der Waals surface area contributed by atoms with E-state index in [1.54, 1.807) is 12.1 Å². The van der Waals surface area contributed by atoms with Crippen molar-refractivity contribution < 1.29 is 4.52 Å². The van der Waals surface area contributed by atoms with Crippen molar-refractivity contribution in [2.45, 2.75) is 12.8 Å². The van der Waals surface area contributed by atoms with Gasteiger partial charge in [0.1, 0.15) is 5.69 Å². The van der Waals surface area contributed by atoms with Crippen LogP contribution in [0.15, 0.2) is 22.9 Å². The summed E-state index contributed by atoms with van der Waals surface area (Å²) in [6.07, 6.45) is 2.33. The van der Waals surface area contributed by atoms with E-state index in [0.29, 0.717) is 35.3 Å². The van der Waals surface area contributed by atoms with Gasteiger partial charge in [-0.05, 0) is 12.1 Å². The van der Waals surface area contributed by atoms with Crippen molar-refractivity contribution in [3.8, 4) is 17.6 Å². The Kier molecular flexibility index (Phi) is 3.13. The summed E-state index contributed by atoms with van der Waals surface area (Å²) in [4.78, 5) is 8.17. The maximum atomic E-state index is 8.42. The molecule has 0 amide bonds. The summed E-state index contributed by atoms with van der Waals surface area (Å²) >= 11 is 5.71. The van der Waals surface area contributed by atoms with Crippen molar-refractivity contribution in [2.75, 3.05) is 0 Å². The van der Waals surface area contributed by atoms with Crippen LogP contribution in [0.25, 0.3) is 11.5 Å². The number of hydrogen-bond acceptors (Lipinski definition) is 5. The fourth-order valence-corrected chi connectivity index (χ4v) is 1.24. The van der Waals surface area contributed by atoms with Crippen LogP contribution < -0.4 is 0 Å². The first-order valence-corrected chi connectivity index (χ1v) is 4.99. The highest BCUT2D eigenvalue weighted by atomic mass is 35.5. The predicted octanol–water partition coefficient (Wildman–Crippen LogP) is 2.24. The van der Waals surface area contributed by atoms with Gasteiger partial charge in [-0.3, -0.25) is 4.98 Å². The molecule has 0 radical (unpaired) electrons. The van der Waals surface area contributed by atoms with Gasteiger partial charge in [0, 0.05) is 19.0 Å². The molecule has 0 aliphatic carbocycles. The lowest BCUT2D eigenvalue weighted by molar-refractivity contribution is 0.380. The molecule has 80 valence electrons. The fraction of sp³-hybridized carbons (Fsp3) is 0.200. The van der Waals surface area contributed by atoms with Crippen molar-refractivity contribution >= 4 is 11.6 Å². The topological polar surface area (TPSA) is 75.6 Å². The van der Waals surface area contributed by atoms with E-state index in [2.05, 4.69) is 15.1 Å². The molecule has 0 aliphatic heterocycles. The van der Waals surface area contributed by atoms with E-state index in [1.165, 1.54) is 6.20 Å². The van der Waals surface area contributed by atoms with Crippen molar-refractivity contribution in [3.63, 3.8) is 0 Å². The third kappa shape index (κ3) is 2.35. The Balaban J connectivity index is 2.18. The third-order valence-corrected chi connectivity index (χ3v) is 2.10. The first-order valence-electron chi connectivity index (χ1n) is 4.61. The summed E-state index contributed by atoms with van der Waals surface area (Å²) in [7, 11) is 0. The minimum atomic E-state index is 0.357. The second kappa shape index (κ2) is 4.73. The van der Waals surface area contributed by atoms with Gasteiger partial charge in [-0.25, -0.2) is 0 Å². The summed E-state index contributed by atoms with van der Waals surface area (Å²) in [5.41, 5.74) is 0.594. The maximum Gasteiger partial charge on any atom is 0.228 e. The van der Waals surface area contributed by atoms with E-state index >= 15 is 0 Å².